The van der Waals surface area contributed by atoms with Gasteiger partial charge in [0.05, 0.1) is 100 Å². The summed E-state index contributed by atoms with van der Waals surface area (Å²) in [5, 5.41) is 2.01. The Labute approximate surface area is 432 Å². The maximum atomic E-state index is 12.8. The van der Waals surface area contributed by atoms with E-state index in [1.54, 1.807) is 0 Å². The van der Waals surface area contributed by atoms with Gasteiger partial charge in [0, 0.05) is 97.1 Å². The molecule has 8 heterocycles. The zero-order valence-electron chi connectivity index (χ0n) is 42.7. The third kappa shape index (κ3) is 9.11. The molecule has 380 valence electrons. The predicted molar refractivity (Wildman–Crippen MR) is 295 cm³/mol. The molecule has 0 radical (unpaired) electrons. The minimum atomic E-state index is -2.88. The number of ether oxygens (including phenoxy) is 2. The summed E-state index contributed by atoms with van der Waals surface area (Å²) < 4.78 is 62.5. The Bertz CT molecular complexity index is 3650. The largest absolute Gasteiger partial charge is 0.381 e. The van der Waals surface area contributed by atoms with Crippen molar-refractivity contribution in [3.05, 3.63) is 157 Å². The van der Waals surface area contributed by atoms with E-state index in [1.807, 2.05) is 111 Å². The van der Waals surface area contributed by atoms with Gasteiger partial charge in [0.25, 0.3) is 0 Å². The van der Waals surface area contributed by atoms with Gasteiger partial charge >= 0.3 is 0 Å². The quantitative estimate of drug-likeness (QED) is 0.136. The second-order valence-electron chi connectivity index (χ2n) is 20.2. The van der Waals surface area contributed by atoms with Crippen molar-refractivity contribution in [3.8, 4) is 22.5 Å². The Morgan fingerprint density at radius 1 is 0.527 bits per heavy atom. The van der Waals surface area contributed by atoms with Crippen molar-refractivity contribution in [2.24, 2.45) is 25.9 Å². The Morgan fingerprint density at radius 3 is 1.24 bits per heavy atom. The van der Waals surface area contributed by atoms with E-state index in [1.165, 1.54) is 23.6 Å². The fourth-order valence-corrected chi connectivity index (χ4v) is 13.0. The molecule has 74 heavy (non-hydrogen) atoms. The Hall–Kier alpha value is -6.98. The number of nitrogens with one attached hydrogen (secondary N) is 2. The predicted octanol–water partition coefficient (Wildman–Crippen LogP) is 11.9. The van der Waals surface area contributed by atoms with E-state index in [0.717, 1.165) is 130 Å². The number of pyridine rings is 2. The van der Waals surface area contributed by atoms with Gasteiger partial charge < -0.3 is 27.7 Å². The fraction of sp³-hybridized carbons (Fsp3) is 0.310. The second-order valence-corrected chi connectivity index (χ2v) is 24.5. The van der Waals surface area contributed by atoms with E-state index < -0.39 is 19.5 Å². The number of aryl methyl sites for hydroxylation is 4. The molecule has 4 atom stereocenters. The fourth-order valence-electron chi connectivity index (χ4n) is 11.7. The van der Waals surface area contributed by atoms with Gasteiger partial charge in [-0.3, -0.25) is 9.97 Å². The van der Waals surface area contributed by atoms with Crippen molar-refractivity contribution < 1.29 is 17.9 Å². The summed E-state index contributed by atoms with van der Waals surface area (Å²) in [7, 11) is -1.76. The van der Waals surface area contributed by atoms with Gasteiger partial charge in [-0.2, -0.15) is 0 Å². The Morgan fingerprint density at radius 2 is 0.905 bits per heavy atom. The lowest BCUT2D eigenvalue weighted by Gasteiger charge is -2.33. The SMILES string of the molecule is Cc1ncn(C)c1-c1cnc2c3ccc(S(C)(=N)=O)cc3n([C@H](c3ccccc3)C3CCOCC3)c2c1.Cc1ncn(C)c1-c1cnc2c3ccc(S(C)(=N)=O)cc3n([C@H](c3ccccc3)C3CCOCC3)c2c1. The molecule has 2 N–H and O–H groups in total. The highest BCUT2D eigenvalue weighted by atomic mass is 32.2. The molecule has 2 aliphatic heterocycles. The minimum Gasteiger partial charge on any atom is -0.381 e. The summed E-state index contributed by atoms with van der Waals surface area (Å²) in [6.07, 6.45) is 14.3. The molecule has 0 saturated carbocycles. The van der Waals surface area contributed by atoms with Crippen molar-refractivity contribution in [2.45, 2.75) is 61.4 Å². The monoisotopic (exact) mass is 1030 g/mol. The molecule has 6 aromatic heterocycles. The van der Waals surface area contributed by atoms with Crippen molar-refractivity contribution in [2.75, 3.05) is 38.9 Å². The van der Waals surface area contributed by atoms with Crippen LogP contribution in [0.1, 0.15) is 60.3 Å². The molecule has 0 bridgehead atoms. The topological polar surface area (TPSA) is 172 Å². The molecule has 0 amide bonds. The highest BCUT2D eigenvalue weighted by Gasteiger charge is 2.33. The van der Waals surface area contributed by atoms with E-state index in [2.05, 4.69) is 79.8 Å². The highest BCUT2D eigenvalue weighted by Crippen LogP contribution is 2.44. The summed E-state index contributed by atoms with van der Waals surface area (Å²) in [4.78, 5) is 20.0. The summed E-state index contributed by atoms with van der Waals surface area (Å²) in [6.45, 7) is 6.99. The van der Waals surface area contributed by atoms with Gasteiger partial charge in [-0.1, -0.05) is 60.7 Å². The first-order valence-electron chi connectivity index (χ1n) is 25.2. The van der Waals surface area contributed by atoms with Crippen LogP contribution < -0.4 is 0 Å². The molecular formula is C58H62N10O4S2. The van der Waals surface area contributed by atoms with Crippen LogP contribution in [0.4, 0.5) is 0 Å². The minimum absolute atomic E-state index is 0.0451. The highest BCUT2D eigenvalue weighted by molar-refractivity contribution is 7.92. The zero-order valence-corrected chi connectivity index (χ0v) is 44.3. The summed E-state index contributed by atoms with van der Waals surface area (Å²) in [6, 6.07) is 37.2. The number of nitrogens with zero attached hydrogens (tertiary/aromatic N) is 8. The number of benzene rings is 4. The van der Waals surface area contributed by atoms with Crippen LogP contribution >= 0.6 is 0 Å². The number of rotatable bonds is 10. The van der Waals surface area contributed by atoms with Crippen molar-refractivity contribution in [1.29, 1.82) is 9.56 Å². The standard InChI is InChI=1S/2C29H31N5O2S/c2*1-19-28(33(2)18-32-19)22-15-26-27(31-17-22)24-10-9-23(37(3,30)35)16-25(24)34(26)29(20-7-5-4-6-8-20)21-11-13-36-14-12-21/h2*4-10,15-18,21,29-30H,11-14H2,1-3H3/t2*29-,37?/m11/s1. The molecule has 10 aromatic rings. The Balaban J connectivity index is 0.000000159. The zero-order chi connectivity index (χ0) is 51.5. The van der Waals surface area contributed by atoms with Crippen LogP contribution in [0.3, 0.4) is 0 Å². The van der Waals surface area contributed by atoms with Crippen molar-refractivity contribution >= 4 is 63.3 Å². The number of hydrogen-bond acceptors (Lipinski definition) is 10. The van der Waals surface area contributed by atoms with Crippen molar-refractivity contribution in [1.82, 2.24) is 38.2 Å². The molecular weight excluding hydrogens is 965 g/mol. The summed E-state index contributed by atoms with van der Waals surface area (Å²) in [5.74, 6) is 0.727. The molecule has 2 aliphatic rings. The van der Waals surface area contributed by atoms with Gasteiger partial charge in [0.15, 0.2) is 0 Å². The van der Waals surface area contributed by atoms with Crippen molar-refractivity contribution in [3.63, 3.8) is 0 Å². The van der Waals surface area contributed by atoms with E-state index in [-0.39, 0.29) is 12.1 Å². The van der Waals surface area contributed by atoms with Crippen LogP contribution in [-0.4, -0.2) is 85.6 Å². The number of fused-ring (bicyclic) bond motifs is 6. The van der Waals surface area contributed by atoms with Gasteiger partial charge in [0.1, 0.15) is 0 Å². The maximum Gasteiger partial charge on any atom is 0.0960 e. The first kappa shape index (κ1) is 49.2. The van der Waals surface area contributed by atoms with E-state index in [4.69, 9.17) is 29.0 Å². The van der Waals surface area contributed by atoms with Gasteiger partial charge in [-0.05, 0) is 111 Å². The van der Waals surface area contributed by atoms with Gasteiger partial charge in [-0.25, -0.2) is 27.9 Å². The lowest BCUT2D eigenvalue weighted by Crippen LogP contribution is -2.27. The number of aromatic nitrogens is 8. The van der Waals surface area contributed by atoms with Crippen LogP contribution in [0.15, 0.2) is 144 Å². The summed E-state index contributed by atoms with van der Waals surface area (Å²) >= 11 is 0. The summed E-state index contributed by atoms with van der Waals surface area (Å²) in [5.41, 5.74) is 14.2. The van der Waals surface area contributed by atoms with E-state index >= 15 is 0 Å². The first-order valence-corrected chi connectivity index (χ1v) is 29.2. The number of imidazole rings is 2. The average molecular weight is 1030 g/mol. The van der Waals surface area contributed by atoms with Gasteiger partial charge in [-0.15, -0.1) is 0 Å². The molecule has 16 heteroatoms. The Kier molecular flexibility index (Phi) is 13.1. The van der Waals surface area contributed by atoms with E-state index in [9.17, 15) is 8.42 Å². The maximum absolute atomic E-state index is 12.8. The van der Waals surface area contributed by atoms with Crippen LogP contribution in [0.2, 0.25) is 0 Å². The first-order chi connectivity index (χ1) is 35.7. The third-order valence-electron chi connectivity index (χ3n) is 15.2. The third-order valence-corrected chi connectivity index (χ3v) is 17.5. The van der Waals surface area contributed by atoms with Crippen LogP contribution in [0.5, 0.6) is 0 Å². The van der Waals surface area contributed by atoms with Crippen LogP contribution in [0, 0.1) is 35.2 Å². The second kappa shape index (κ2) is 19.7. The smallest absolute Gasteiger partial charge is 0.0960 e. The molecule has 2 unspecified atom stereocenters. The number of hydrogen-bond donors (Lipinski definition) is 2. The molecule has 4 aromatic carbocycles. The molecule has 2 fully saturated rings. The molecule has 12 rings (SSSR count). The molecule has 0 spiro atoms. The molecule has 2 saturated heterocycles. The van der Waals surface area contributed by atoms with Crippen LogP contribution in [0.25, 0.3) is 66.4 Å². The lowest BCUT2D eigenvalue weighted by molar-refractivity contribution is 0.0552. The molecule has 0 aliphatic carbocycles. The normalized spacial score (nSPS) is 17.3. The average Bonchev–Trinajstić information content (AvgIpc) is 4.14. The van der Waals surface area contributed by atoms with Crippen LogP contribution in [-0.2, 0) is 43.0 Å². The lowest BCUT2D eigenvalue weighted by atomic mass is 9.86. The van der Waals surface area contributed by atoms with Gasteiger partial charge in [0.2, 0.25) is 0 Å². The molecule has 14 nitrogen and oxygen atoms in total. The van der Waals surface area contributed by atoms with E-state index in [0.29, 0.717) is 21.6 Å².